The number of carbonyl (C=O) groups is 2. The van der Waals surface area contributed by atoms with Crippen molar-refractivity contribution in [2.24, 2.45) is 5.41 Å². The van der Waals surface area contributed by atoms with Gasteiger partial charge in [0.15, 0.2) is 5.76 Å². The van der Waals surface area contributed by atoms with Crippen LogP contribution in [0.1, 0.15) is 105 Å². The molecule has 1 aromatic heterocycles. The number of nitrogens with zero attached hydrogens (tertiary/aromatic N) is 1. The van der Waals surface area contributed by atoms with Crippen molar-refractivity contribution in [2.45, 2.75) is 103 Å². The number of urea groups is 1. The van der Waals surface area contributed by atoms with Gasteiger partial charge in [0.05, 0.1) is 24.5 Å². The van der Waals surface area contributed by atoms with Crippen molar-refractivity contribution in [2.75, 3.05) is 6.54 Å². The predicted molar refractivity (Wildman–Crippen MR) is 176 cm³/mol. The summed E-state index contributed by atoms with van der Waals surface area (Å²) in [6.07, 6.45) is 7.67. The summed E-state index contributed by atoms with van der Waals surface area (Å²) in [7, 11) is 0. The highest BCUT2D eigenvalue weighted by molar-refractivity contribution is 6.08. The number of allylic oxidation sites excluding steroid dienone is 2. The minimum Gasteiger partial charge on any atom is -0.461 e. The van der Waals surface area contributed by atoms with Gasteiger partial charge in [0.2, 0.25) is 5.78 Å². The van der Waals surface area contributed by atoms with Gasteiger partial charge in [-0.25, -0.2) is 4.79 Å². The molecule has 2 amide bonds. The molecule has 3 N–H and O–H groups in total. The Kier molecular flexibility index (Phi) is 10.00. The van der Waals surface area contributed by atoms with Crippen molar-refractivity contribution < 1.29 is 24.2 Å². The Morgan fingerprint density at radius 1 is 1.07 bits per heavy atom. The van der Waals surface area contributed by atoms with Crippen LogP contribution in [0.2, 0.25) is 0 Å². The highest BCUT2D eigenvalue weighted by Gasteiger charge is 2.57. The molecule has 0 spiro atoms. The zero-order valence-electron chi connectivity index (χ0n) is 27.1. The molecule has 6 rings (SSSR count). The molecule has 0 unspecified atom stereocenters. The third-order valence-electron chi connectivity index (χ3n) is 10.0. The van der Waals surface area contributed by atoms with Crippen LogP contribution in [0.5, 0.6) is 0 Å². The lowest BCUT2D eigenvalue weighted by Gasteiger charge is -2.46. The van der Waals surface area contributed by atoms with E-state index in [2.05, 4.69) is 25.2 Å². The van der Waals surface area contributed by atoms with E-state index in [0.717, 1.165) is 29.5 Å². The van der Waals surface area contributed by atoms with Crippen LogP contribution in [0.25, 0.3) is 0 Å². The molecule has 240 valence electrons. The molecule has 45 heavy (non-hydrogen) atoms. The van der Waals surface area contributed by atoms with E-state index in [1.165, 1.54) is 11.8 Å². The second-order valence-electron chi connectivity index (χ2n) is 13.7. The van der Waals surface area contributed by atoms with Crippen molar-refractivity contribution in [3.8, 4) is 0 Å². The molecule has 1 saturated carbocycles. The number of furan rings is 1. The number of ketones is 1. The average Bonchev–Trinajstić information content (AvgIpc) is 3.63. The monoisotopic (exact) mass is 612 g/mol. The molecule has 3 aliphatic carbocycles. The van der Waals surface area contributed by atoms with Gasteiger partial charge in [-0.1, -0.05) is 61.0 Å². The molecule has 7 heteroatoms. The van der Waals surface area contributed by atoms with Gasteiger partial charge >= 0.3 is 6.03 Å². The predicted octanol–water partition coefficient (Wildman–Crippen LogP) is 7.17. The fourth-order valence-corrected chi connectivity index (χ4v) is 7.39. The third-order valence-corrected chi connectivity index (χ3v) is 10.0. The summed E-state index contributed by atoms with van der Waals surface area (Å²) in [5, 5.41) is 26.6. The molecular formula is C38H48N2O5. The van der Waals surface area contributed by atoms with Crippen LogP contribution in [-0.2, 0) is 13.0 Å². The molecule has 7 nitrogen and oxygen atoms in total. The van der Waals surface area contributed by atoms with Gasteiger partial charge in [0, 0.05) is 23.6 Å². The smallest absolute Gasteiger partial charge is 0.317 e. The first-order chi connectivity index (χ1) is 21.5. The summed E-state index contributed by atoms with van der Waals surface area (Å²) in [6, 6.07) is 19.0. The van der Waals surface area contributed by atoms with Gasteiger partial charge < -0.3 is 24.8 Å². The van der Waals surface area contributed by atoms with Crippen molar-refractivity contribution >= 4 is 11.8 Å². The van der Waals surface area contributed by atoms with Crippen LogP contribution >= 0.6 is 0 Å². The highest BCUT2D eigenvalue weighted by Crippen LogP contribution is 2.59. The minimum absolute atomic E-state index is 0.0491. The van der Waals surface area contributed by atoms with E-state index in [-0.39, 0.29) is 36.1 Å². The zero-order valence-corrected chi connectivity index (χ0v) is 27.1. The number of amides is 2. The van der Waals surface area contributed by atoms with Gasteiger partial charge in [0.1, 0.15) is 0 Å². The highest BCUT2D eigenvalue weighted by atomic mass is 16.3. The standard InChI is InChI=1S/C38H48N2O5/c1-26(2)39-36(43)40(24-28-11-6-5-7-12-28)25-38(44)20-18-33-31-17-15-29(23-32(31)35(42)34-13-9-21-45-34)22-30(41)16-14-27(3)10-8-19-37(33,38)4/h5-7,9-13,15,17,21,23,26,30,33,41,44H,8,14,16,18-20,22,24-25H2,1-4H3,(H,39,43)/t30-,33-,37-,38+/m0/s1. The fraction of sp³-hybridized carbons (Fsp3) is 0.474. The molecule has 4 atom stereocenters. The third kappa shape index (κ3) is 7.26. The lowest BCUT2D eigenvalue weighted by atomic mass is 9.64. The van der Waals surface area contributed by atoms with Crippen molar-refractivity contribution in [3.63, 3.8) is 0 Å². The first kappa shape index (κ1) is 32.7. The number of hydrogen-bond donors (Lipinski definition) is 3. The van der Waals surface area contributed by atoms with Crippen LogP contribution in [0.15, 0.2) is 83.0 Å². The first-order valence-electron chi connectivity index (χ1n) is 16.4. The number of hydrogen-bond acceptors (Lipinski definition) is 5. The molecule has 0 radical (unpaired) electrons. The summed E-state index contributed by atoms with van der Waals surface area (Å²) in [6.45, 7) is 8.66. The van der Waals surface area contributed by atoms with Crippen LogP contribution < -0.4 is 5.32 Å². The van der Waals surface area contributed by atoms with Crippen molar-refractivity contribution in [1.29, 1.82) is 0 Å². The van der Waals surface area contributed by atoms with E-state index in [1.807, 2.05) is 62.4 Å². The topological polar surface area (TPSA) is 103 Å². The molecule has 2 bridgehead atoms. The summed E-state index contributed by atoms with van der Waals surface area (Å²) in [5.41, 5.74) is 2.68. The summed E-state index contributed by atoms with van der Waals surface area (Å²) in [5.74, 6) is -0.0734. The average molecular weight is 613 g/mol. The van der Waals surface area contributed by atoms with E-state index < -0.39 is 17.1 Å². The van der Waals surface area contributed by atoms with Gasteiger partial charge in [-0.3, -0.25) is 4.79 Å². The molecule has 0 saturated heterocycles. The Balaban J connectivity index is 1.58. The van der Waals surface area contributed by atoms with E-state index in [9.17, 15) is 19.8 Å². The Labute approximate surface area is 267 Å². The number of fused-ring (bicyclic) bond motifs is 8. The lowest BCUT2D eigenvalue weighted by Crippen LogP contribution is -2.55. The number of benzene rings is 2. The van der Waals surface area contributed by atoms with Crippen LogP contribution in [0.3, 0.4) is 0 Å². The van der Waals surface area contributed by atoms with E-state index in [0.29, 0.717) is 44.2 Å². The van der Waals surface area contributed by atoms with Gasteiger partial charge in [-0.05, 0) is 107 Å². The first-order valence-corrected chi connectivity index (χ1v) is 16.4. The lowest BCUT2D eigenvalue weighted by molar-refractivity contribution is -0.0781. The Morgan fingerprint density at radius 3 is 2.56 bits per heavy atom. The molecule has 3 aromatic rings. The molecule has 1 heterocycles. The van der Waals surface area contributed by atoms with E-state index in [1.54, 1.807) is 17.0 Å². The van der Waals surface area contributed by atoms with Crippen molar-refractivity contribution in [3.05, 3.63) is 107 Å². The number of carbonyl (C=O) groups excluding carboxylic acids is 2. The summed E-state index contributed by atoms with van der Waals surface area (Å²) >= 11 is 0. The van der Waals surface area contributed by atoms with Crippen LogP contribution in [0.4, 0.5) is 4.79 Å². The Morgan fingerprint density at radius 2 is 1.84 bits per heavy atom. The number of nitrogens with one attached hydrogen (secondary N) is 1. The molecular weight excluding hydrogens is 564 g/mol. The minimum atomic E-state index is -1.21. The quantitative estimate of drug-likeness (QED) is 0.194. The molecule has 2 aromatic carbocycles. The fourth-order valence-electron chi connectivity index (χ4n) is 7.39. The largest absolute Gasteiger partial charge is 0.461 e. The van der Waals surface area contributed by atoms with E-state index in [4.69, 9.17) is 4.42 Å². The number of aliphatic hydroxyl groups excluding tert-OH is 1. The zero-order chi connectivity index (χ0) is 32.2. The SMILES string of the molecule is CC1=CCC[C@@]2(C)[C@@H](CC[C@@]2(O)CN(Cc2ccccc2)C(=O)NC(C)C)c2ccc(cc2C(=O)c2ccco2)C[C@@H](O)CC1. The van der Waals surface area contributed by atoms with Gasteiger partial charge in [0.25, 0.3) is 0 Å². The number of aliphatic hydroxyl groups is 2. The maximum atomic E-state index is 13.9. The Hall–Kier alpha value is -3.68. The maximum absolute atomic E-state index is 13.9. The van der Waals surface area contributed by atoms with Crippen LogP contribution in [-0.4, -0.2) is 51.2 Å². The second kappa shape index (κ2) is 13.8. The molecule has 0 aliphatic heterocycles. The molecule has 3 aliphatic rings. The maximum Gasteiger partial charge on any atom is 0.317 e. The normalized spacial score (nSPS) is 25.4. The van der Waals surface area contributed by atoms with E-state index >= 15 is 0 Å². The van der Waals surface area contributed by atoms with Crippen LogP contribution in [0, 0.1) is 5.41 Å². The number of rotatable bonds is 7. The second-order valence-corrected chi connectivity index (χ2v) is 13.7. The summed E-state index contributed by atoms with van der Waals surface area (Å²) in [4.78, 5) is 29.3. The molecule has 1 fully saturated rings. The Bertz CT molecular complexity index is 1500. The van der Waals surface area contributed by atoms with Crippen molar-refractivity contribution in [1.82, 2.24) is 10.2 Å². The van der Waals surface area contributed by atoms with Gasteiger partial charge in [-0.2, -0.15) is 0 Å². The van der Waals surface area contributed by atoms with Gasteiger partial charge in [-0.15, -0.1) is 0 Å². The summed E-state index contributed by atoms with van der Waals surface area (Å²) < 4.78 is 5.55.